The van der Waals surface area contributed by atoms with Crippen molar-refractivity contribution in [2.45, 2.75) is 43.1 Å². The van der Waals surface area contributed by atoms with Gasteiger partial charge in [-0.3, -0.25) is 14.3 Å². The van der Waals surface area contributed by atoms with Crippen LogP contribution in [0.4, 0.5) is 4.39 Å². The van der Waals surface area contributed by atoms with E-state index in [-0.39, 0.29) is 17.4 Å². The lowest BCUT2D eigenvalue weighted by atomic mass is 10.1. The summed E-state index contributed by atoms with van der Waals surface area (Å²) in [7, 11) is 0. The van der Waals surface area contributed by atoms with E-state index in [9.17, 15) is 9.18 Å². The lowest BCUT2D eigenvalue weighted by molar-refractivity contribution is 0.167. The number of piperidine rings is 1. The zero-order valence-corrected chi connectivity index (χ0v) is 20.2. The average molecular weight is 499 g/mol. The molecule has 1 saturated heterocycles. The van der Waals surface area contributed by atoms with Crippen molar-refractivity contribution in [1.82, 2.24) is 29.6 Å². The van der Waals surface area contributed by atoms with Gasteiger partial charge in [0.05, 0.1) is 22.7 Å². The predicted molar refractivity (Wildman–Crippen MR) is 132 cm³/mol. The maximum atomic E-state index is 13.6. The topological polar surface area (TPSA) is 79.7 Å². The number of hydrogen-bond acceptors (Lipinski definition) is 6. The first-order valence-electron chi connectivity index (χ1n) is 11.3. The van der Waals surface area contributed by atoms with Gasteiger partial charge in [0, 0.05) is 10.7 Å². The molecule has 1 aliphatic heterocycles. The monoisotopic (exact) mass is 498 g/mol. The molecule has 5 rings (SSSR count). The van der Waals surface area contributed by atoms with E-state index in [4.69, 9.17) is 11.6 Å². The van der Waals surface area contributed by atoms with Crippen LogP contribution in [-0.4, -0.2) is 42.7 Å². The number of H-pyrrole nitrogens is 1. The van der Waals surface area contributed by atoms with Crippen LogP contribution >= 0.6 is 23.4 Å². The molecule has 176 valence electrons. The van der Waals surface area contributed by atoms with Crippen LogP contribution in [0.5, 0.6) is 0 Å². The summed E-state index contributed by atoms with van der Waals surface area (Å²) in [6, 6.07) is 11.4. The molecule has 0 spiro atoms. The van der Waals surface area contributed by atoms with Crippen LogP contribution in [-0.2, 0) is 5.75 Å². The van der Waals surface area contributed by atoms with Crippen molar-refractivity contribution in [1.29, 1.82) is 0 Å². The summed E-state index contributed by atoms with van der Waals surface area (Å²) in [5.74, 6) is 1.41. The van der Waals surface area contributed by atoms with E-state index in [0.29, 0.717) is 32.7 Å². The number of rotatable bonds is 6. The van der Waals surface area contributed by atoms with E-state index in [0.717, 1.165) is 24.6 Å². The average Bonchev–Trinajstić information content (AvgIpc) is 3.27. The zero-order chi connectivity index (χ0) is 23.7. The Labute approximate surface area is 205 Å². The van der Waals surface area contributed by atoms with Crippen molar-refractivity contribution in [2.24, 2.45) is 0 Å². The zero-order valence-electron chi connectivity index (χ0n) is 18.7. The van der Waals surface area contributed by atoms with Gasteiger partial charge in [-0.1, -0.05) is 29.8 Å². The second kappa shape index (κ2) is 9.85. The van der Waals surface area contributed by atoms with Crippen molar-refractivity contribution >= 4 is 34.3 Å². The van der Waals surface area contributed by atoms with Crippen molar-refractivity contribution in [3.63, 3.8) is 0 Å². The van der Waals surface area contributed by atoms with E-state index in [1.165, 1.54) is 43.2 Å². The van der Waals surface area contributed by atoms with E-state index in [1.54, 1.807) is 30.3 Å². The lowest BCUT2D eigenvalue weighted by Crippen LogP contribution is -2.33. The molecule has 0 saturated carbocycles. The third kappa shape index (κ3) is 4.73. The first-order chi connectivity index (χ1) is 16.5. The van der Waals surface area contributed by atoms with E-state index >= 15 is 0 Å². The van der Waals surface area contributed by atoms with E-state index in [2.05, 4.69) is 32.0 Å². The number of thioether (sulfide) groups is 1. The molecule has 2 aromatic heterocycles. The Morgan fingerprint density at radius 3 is 2.65 bits per heavy atom. The summed E-state index contributed by atoms with van der Waals surface area (Å²) in [5.41, 5.74) is 1.13. The highest BCUT2D eigenvalue weighted by molar-refractivity contribution is 7.98. The summed E-state index contributed by atoms with van der Waals surface area (Å²) in [4.78, 5) is 22.3. The molecule has 0 bridgehead atoms. The third-order valence-corrected chi connectivity index (χ3v) is 7.29. The van der Waals surface area contributed by atoms with Crippen LogP contribution in [0.3, 0.4) is 0 Å². The van der Waals surface area contributed by atoms with Crippen molar-refractivity contribution in [3.8, 4) is 5.69 Å². The molecule has 0 radical (unpaired) electrons. The molecule has 1 unspecified atom stereocenters. The second-order valence-corrected chi connectivity index (χ2v) is 9.77. The number of nitrogens with one attached hydrogen (secondary N) is 1. The first kappa shape index (κ1) is 23.0. The molecule has 0 amide bonds. The quantitative estimate of drug-likeness (QED) is 0.371. The SMILES string of the molecule is CC(c1nnc(SCc2nc3cc(Cl)ccc3c(=O)[nH]2)n1-c1ccc(F)cc1)N1CCCCC1. The molecule has 2 aromatic carbocycles. The van der Waals surface area contributed by atoms with Crippen LogP contribution in [0.2, 0.25) is 5.02 Å². The Balaban J connectivity index is 1.47. The predicted octanol–water partition coefficient (Wildman–Crippen LogP) is 5.14. The molecular formula is C24H24ClFN6OS. The second-order valence-electron chi connectivity index (χ2n) is 8.39. The number of hydrogen-bond donors (Lipinski definition) is 1. The minimum absolute atomic E-state index is 0.0629. The van der Waals surface area contributed by atoms with Crippen LogP contribution in [0.15, 0.2) is 52.4 Å². The number of likely N-dealkylation sites (tertiary alicyclic amines) is 1. The number of aromatic nitrogens is 5. The Bertz CT molecular complexity index is 1370. The van der Waals surface area contributed by atoms with Crippen molar-refractivity contribution in [3.05, 3.63) is 75.3 Å². The molecule has 7 nitrogen and oxygen atoms in total. The maximum Gasteiger partial charge on any atom is 0.258 e. The molecule has 1 atom stereocenters. The molecule has 1 N–H and O–H groups in total. The number of fused-ring (bicyclic) bond motifs is 1. The molecule has 0 aliphatic carbocycles. The molecule has 1 fully saturated rings. The fourth-order valence-corrected chi connectivity index (χ4v) is 5.30. The van der Waals surface area contributed by atoms with Crippen LogP contribution in [0.25, 0.3) is 16.6 Å². The molecule has 4 aromatic rings. The van der Waals surface area contributed by atoms with Gasteiger partial charge in [-0.15, -0.1) is 10.2 Å². The van der Waals surface area contributed by atoms with Gasteiger partial charge in [0.1, 0.15) is 11.6 Å². The van der Waals surface area contributed by atoms with Crippen LogP contribution < -0.4 is 5.56 Å². The molecule has 34 heavy (non-hydrogen) atoms. The van der Waals surface area contributed by atoms with Crippen molar-refractivity contribution < 1.29 is 4.39 Å². The molecule has 1 aliphatic rings. The summed E-state index contributed by atoms with van der Waals surface area (Å²) in [5, 5.41) is 10.7. The van der Waals surface area contributed by atoms with Gasteiger partial charge in [-0.2, -0.15) is 0 Å². The summed E-state index contributed by atoms with van der Waals surface area (Å²) in [6.45, 7) is 4.17. The fraction of sp³-hybridized carbons (Fsp3) is 0.333. The Morgan fingerprint density at radius 2 is 1.88 bits per heavy atom. The van der Waals surface area contributed by atoms with Gasteiger partial charge in [-0.05, 0) is 75.3 Å². The number of nitrogens with zero attached hydrogens (tertiary/aromatic N) is 5. The maximum absolute atomic E-state index is 13.6. The summed E-state index contributed by atoms with van der Waals surface area (Å²) >= 11 is 7.50. The Hall–Kier alpha value is -2.75. The van der Waals surface area contributed by atoms with Gasteiger partial charge < -0.3 is 4.98 Å². The Morgan fingerprint density at radius 1 is 1.12 bits per heavy atom. The normalized spacial score (nSPS) is 15.6. The fourth-order valence-electron chi connectivity index (χ4n) is 4.31. The van der Waals surface area contributed by atoms with Crippen LogP contribution in [0, 0.1) is 5.82 Å². The Kier molecular flexibility index (Phi) is 6.67. The van der Waals surface area contributed by atoms with Gasteiger partial charge in [0.2, 0.25) is 0 Å². The van der Waals surface area contributed by atoms with Crippen LogP contribution in [0.1, 0.15) is 43.9 Å². The number of halogens is 2. The molecular weight excluding hydrogens is 475 g/mol. The molecule has 10 heteroatoms. The highest BCUT2D eigenvalue weighted by atomic mass is 35.5. The smallest absolute Gasteiger partial charge is 0.258 e. The summed E-state index contributed by atoms with van der Waals surface area (Å²) < 4.78 is 15.6. The van der Waals surface area contributed by atoms with E-state index < -0.39 is 0 Å². The lowest BCUT2D eigenvalue weighted by Gasteiger charge is -2.31. The minimum Gasteiger partial charge on any atom is -0.309 e. The minimum atomic E-state index is -0.298. The number of aromatic amines is 1. The first-order valence-corrected chi connectivity index (χ1v) is 12.6. The van der Waals surface area contributed by atoms with Gasteiger partial charge in [-0.25, -0.2) is 9.37 Å². The van der Waals surface area contributed by atoms with Crippen molar-refractivity contribution in [2.75, 3.05) is 13.1 Å². The standard InChI is InChI=1S/C24H24ClFN6OS/c1-15(31-11-3-2-4-12-31)22-29-30-24(32(22)18-8-6-17(26)7-9-18)34-14-21-27-20-13-16(25)5-10-19(20)23(33)28-21/h5-10,13,15H,2-4,11-12,14H2,1H3,(H,27,28,33). The van der Waals surface area contributed by atoms with Gasteiger partial charge >= 0.3 is 0 Å². The van der Waals surface area contributed by atoms with Gasteiger partial charge in [0.15, 0.2) is 11.0 Å². The highest BCUT2D eigenvalue weighted by Crippen LogP contribution is 2.30. The van der Waals surface area contributed by atoms with E-state index in [1.807, 2.05) is 4.57 Å². The van der Waals surface area contributed by atoms with Gasteiger partial charge in [0.25, 0.3) is 5.56 Å². The molecule has 3 heterocycles. The largest absolute Gasteiger partial charge is 0.309 e. The summed E-state index contributed by atoms with van der Waals surface area (Å²) in [6.07, 6.45) is 3.58. The highest BCUT2D eigenvalue weighted by Gasteiger charge is 2.25. The number of benzene rings is 2. The third-order valence-electron chi connectivity index (χ3n) is 6.11.